The number of hydrogen-bond acceptors (Lipinski definition) is 1. The van der Waals surface area contributed by atoms with Crippen molar-refractivity contribution in [2.45, 2.75) is 25.4 Å². The van der Waals surface area contributed by atoms with Gasteiger partial charge < -0.3 is 5.11 Å². The van der Waals surface area contributed by atoms with E-state index in [0.717, 1.165) is 0 Å². The highest BCUT2D eigenvalue weighted by atomic mass is 19.4. The third kappa shape index (κ3) is 2.96. The van der Waals surface area contributed by atoms with Crippen LogP contribution >= 0.6 is 0 Å². The molecule has 0 fully saturated rings. The predicted molar refractivity (Wildman–Crippen MR) is 51.7 cm³/mol. The molecule has 1 nitrogen and oxygen atoms in total. The molecule has 0 amide bonds. The van der Waals surface area contributed by atoms with E-state index in [2.05, 4.69) is 0 Å². The van der Waals surface area contributed by atoms with E-state index < -0.39 is 18.7 Å². The first-order valence-corrected chi connectivity index (χ1v) is 4.70. The highest BCUT2D eigenvalue weighted by Gasteiger charge is 2.40. The van der Waals surface area contributed by atoms with Crippen molar-refractivity contribution in [3.63, 3.8) is 0 Å². The van der Waals surface area contributed by atoms with Gasteiger partial charge in [-0.2, -0.15) is 13.2 Å². The summed E-state index contributed by atoms with van der Waals surface area (Å²) in [5, 5.41) is 8.65. The van der Waals surface area contributed by atoms with Crippen molar-refractivity contribution in [2.75, 3.05) is 6.61 Å². The molecule has 0 aromatic heterocycles. The summed E-state index contributed by atoms with van der Waals surface area (Å²) in [7, 11) is 0. The Morgan fingerprint density at radius 2 is 1.87 bits per heavy atom. The second-order valence-electron chi connectivity index (χ2n) is 3.46. The first-order chi connectivity index (χ1) is 6.96. The number of aryl methyl sites for hydroxylation is 1. The van der Waals surface area contributed by atoms with Crippen molar-refractivity contribution in [1.29, 1.82) is 0 Å². The molecule has 0 radical (unpaired) electrons. The minimum absolute atomic E-state index is 0.249. The van der Waals surface area contributed by atoms with Gasteiger partial charge in [0.15, 0.2) is 0 Å². The second-order valence-corrected chi connectivity index (χ2v) is 3.46. The molecule has 0 saturated heterocycles. The zero-order chi connectivity index (χ0) is 11.5. The van der Waals surface area contributed by atoms with Crippen LogP contribution < -0.4 is 0 Å². The molecule has 4 heteroatoms. The zero-order valence-electron chi connectivity index (χ0n) is 8.38. The summed E-state index contributed by atoms with van der Waals surface area (Å²) in [6.45, 7) is 1.18. The van der Waals surface area contributed by atoms with E-state index >= 15 is 0 Å². The molecule has 0 spiro atoms. The SMILES string of the molecule is Cc1ccccc1C(CCO)C(F)(F)F. The molecule has 0 aliphatic heterocycles. The average molecular weight is 218 g/mol. The van der Waals surface area contributed by atoms with Crippen molar-refractivity contribution in [3.05, 3.63) is 35.4 Å². The normalized spacial score (nSPS) is 13.9. The molecule has 1 unspecified atom stereocenters. The number of rotatable bonds is 3. The second kappa shape index (κ2) is 4.66. The van der Waals surface area contributed by atoms with Crippen LogP contribution in [0.25, 0.3) is 0 Å². The summed E-state index contributed by atoms with van der Waals surface area (Å²) < 4.78 is 38.0. The Bertz CT molecular complexity index is 320. The van der Waals surface area contributed by atoms with Crippen molar-refractivity contribution in [3.8, 4) is 0 Å². The standard InChI is InChI=1S/C11H13F3O/c1-8-4-2-3-5-9(8)10(6-7-15)11(12,13)14/h2-5,10,15H,6-7H2,1H3. The van der Waals surface area contributed by atoms with Crippen molar-refractivity contribution >= 4 is 0 Å². The van der Waals surface area contributed by atoms with E-state index in [-0.39, 0.29) is 12.0 Å². The first kappa shape index (κ1) is 12.0. The summed E-state index contributed by atoms with van der Waals surface area (Å²) in [5.41, 5.74) is 0.854. The molecule has 84 valence electrons. The fourth-order valence-electron chi connectivity index (χ4n) is 1.60. The minimum atomic E-state index is -4.30. The lowest BCUT2D eigenvalue weighted by atomic mass is 9.92. The summed E-state index contributed by atoms with van der Waals surface area (Å²) in [4.78, 5) is 0. The monoisotopic (exact) mass is 218 g/mol. The van der Waals surface area contributed by atoms with Gasteiger partial charge in [0.05, 0.1) is 5.92 Å². The van der Waals surface area contributed by atoms with E-state index in [9.17, 15) is 13.2 Å². The number of halogens is 3. The fourth-order valence-corrected chi connectivity index (χ4v) is 1.60. The molecule has 15 heavy (non-hydrogen) atoms. The maximum Gasteiger partial charge on any atom is 0.395 e. The van der Waals surface area contributed by atoms with E-state index in [0.29, 0.717) is 5.56 Å². The van der Waals surface area contributed by atoms with E-state index in [1.807, 2.05) is 0 Å². The summed E-state index contributed by atoms with van der Waals surface area (Å²) in [6.07, 6.45) is -4.58. The Kier molecular flexibility index (Phi) is 3.74. The number of hydrogen-bond donors (Lipinski definition) is 1. The van der Waals surface area contributed by atoms with Crippen LogP contribution in [0.2, 0.25) is 0 Å². The molecule has 0 bridgehead atoms. The van der Waals surface area contributed by atoms with Crippen LogP contribution in [0.4, 0.5) is 13.2 Å². The Hall–Kier alpha value is -1.03. The van der Waals surface area contributed by atoms with E-state index in [1.165, 1.54) is 6.07 Å². The molecule has 1 atom stereocenters. The summed E-state index contributed by atoms with van der Waals surface area (Å²) >= 11 is 0. The van der Waals surface area contributed by atoms with Crippen LogP contribution in [0.15, 0.2) is 24.3 Å². The van der Waals surface area contributed by atoms with E-state index in [1.54, 1.807) is 25.1 Å². The van der Waals surface area contributed by atoms with Gasteiger partial charge in [-0.25, -0.2) is 0 Å². The molecule has 1 rings (SSSR count). The summed E-state index contributed by atoms with van der Waals surface area (Å²) in [6, 6.07) is 6.39. The molecular weight excluding hydrogens is 205 g/mol. The topological polar surface area (TPSA) is 20.2 Å². The minimum Gasteiger partial charge on any atom is -0.396 e. The van der Waals surface area contributed by atoms with Gasteiger partial charge in [-0.3, -0.25) is 0 Å². The van der Waals surface area contributed by atoms with Gasteiger partial charge in [-0.1, -0.05) is 24.3 Å². The number of benzene rings is 1. The lowest BCUT2D eigenvalue weighted by molar-refractivity contribution is -0.153. The fraction of sp³-hybridized carbons (Fsp3) is 0.455. The Morgan fingerprint density at radius 3 is 2.33 bits per heavy atom. The average Bonchev–Trinajstić information content (AvgIpc) is 2.14. The van der Waals surface area contributed by atoms with Crippen molar-refractivity contribution < 1.29 is 18.3 Å². The van der Waals surface area contributed by atoms with Gasteiger partial charge in [0.1, 0.15) is 0 Å². The molecule has 0 aliphatic rings. The third-order valence-corrected chi connectivity index (χ3v) is 2.38. The number of aliphatic hydroxyl groups is 1. The molecule has 1 N–H and O–H groups in total. The van der Waals surface area contributed by atoms with Crippen molar-refractivity contribution in [2.24, 2.45) is 0 Å². The third-order valence-electron chi connectivity index (χ3n) is 2.38. The Balaban J connectivity index is 3.05. The lowest BCUT2D eigenvalue weighted by Gasteiger charge is -2.21. The predicted octanol–water partition coefficient (Wildman–Crippen LogP) is 3.02. The largest absolute Gasteiger partial charge is 0.396 e. The first-order valence-electron chi connectivity index (χ1n) is 4.70. The lowest BCUT2D eigenvalue weighted by Crippen LogP contribution is -2.22. The van der Waals surface area contributed by atoms with Crippen LogP contribution in [-0.4, -0.2) is 17.9 Å². The van der Waals surface area contributed by atoms with Gasteiger partial charge in [0.2, 0.25) is 0 Å². The van der Waals surface area contributed by atoms with Crippen molar-refractivity contribution in [1.82, 2.24) is 0 Å². The van der Waals surface area contributed by atoms with Gasteiger partial charge in [-0.05, 0) is 24.5 Å². The maximum atomic E-state index is 12.7. The van der Waals surface area contributed by atoms with Crippen LogP contribution in [-0.2, 0) is 0 Å². The smallest absolute Gasteiger partial charge is 0.395 e. The van der Waals surface area contributed by atoms with Crippen LogP contribution in [0.3, 0.4) is 0 Å². The highest BCUT2D eigenvalue weighted by Crippen LogP contribution is 2.38. The molecule has 1 aromatic carbocycles. The molecular formula is C11H13F3O. The van der Waals surface area contributed by atoms with Gasteiger partial charge in [-0.15, -0.1) is 0 Å². The van der Waals surface area contributed by atoms with Crippen LogP contribution in [0.1, 0.15) is 23.5 Å². The quantitative estimate of drug-likeness (QED) is 0.826. The summed E-state index contributed by atoms with van der Waals surface area (Å²) in [5.74, 6) is -1.57. The van der Waals surface area contributed by atoms with E-state index in [4.69, 9.17) is 5.11 Å². The highest BCUT2D eigenvalue weighted by molar-refractivity contribution is 5.30. The van der Waals surface area contributed by atoms with Crippen LogP contribution in [0.5, 0.6) is 0 Å². The molecule has 0 heterocycles. The number of aliphatic hydroxyl groups excluding tert-OH is 1. The zero-order valence-corrected chi connectivity index (χ0v) is 8.38. The molecule has 1 aromatic rings. The Morgan fingerprint density at radius 1 is 1.27 bits per heavy atom. The van der Waals surface area contributed by atoms with Crippen LogP contribution in [0, 0.1) is 6.92 Å². The molecule has 0 aliphatic carbocycles. The number of alkyl halides is 3. The Labute approximate surface area is 86.5 Å². The van der Waals surface area contributed by atoms with Gasteiger partial charge in [0.25, 0.3) is 0 Å². The van der Waals surface area contributed by atoms with Gasteiger partial charge in [0, 0.05) is 6.61 Å². The maximum absolute atomic E-state index is 12.7. The van der Waals surface area contributed by atoms with Gasteiger partial charge >= 0.3 is 6.18 Å². The molecule has 0 saturated carbocycles.